The number of aliphatic hydroxyl groups excluding tert-OH is 1. The lowest BCUT2D eigenvalue weighted by Crippen LogP contribution is -2.53. The van der Waals surface area contributed by atoms with E-state index in [2.05, 4.69) is 24.4 Å². The lowest BCUT2D eigenvalue weighted by atomic mass is 9.77. The summed E-state index contributed by atoms with van der Waals surface area (Å²) in [7, 11) is 0. The fourth-order valence-electron chi connectivity index (χ4n) is 2.81. The van der Waals surface area contributed by atoms with E-state index in [-0.39, 0.29) is 18.1 Å². The molecule has 3 nitrogen and oxygen atoms in total. The summed E-state index contributed by atoms with van der Waals surface area (Å²) < 4.78 is 0. The van der Waals surface area contributed by atoms with Gasteiger partial charge in [-0.25, -0.2) is 0 Å². The number of carbonyl (C=O) groups excluding carboxylic acids is 1. The number of aliphatic hydroxyl groups is 1. The molecule has 1 aromatic rings. The van der Waals surface area contributed by atoms with Crippen LogP contribution >= 0.6 is 11.8 Å². The summed E-state index contributed by atoms with van der Waals surface area (Å²) in [6.07, 6.45) is 3.94. The van der Waals surface area contributed by atoms with E-state index in [0.29, 0.717) is 11.7 Å². The van der Waals surface area contributed by atoms with Crippen molar-refractivity contribution in [3.05, 3.63) is 35.9 Å². The van der Waals surface area contributed by atoms with Gasteiger partial charge in [-0.05, 0) is 37.2 Å². The quantitative estimate of drug-likeness (QED) is 0.849. The number of hydrogen-bond acceptors (Lipinski definition) is 3. The maximum atomic E-state index is 12.1. The molecule has 0 atom stereocenters. The van der Waals surface area contributed by atoms with Crippen molar-refractivity contribution in [1.82, 2.24) is 5.32 Å². The molecule has 1 saturated carbocycles. The first-order chi connectivity index (χ1) is 10.1. The Balaban J connectivity index is 1.75. The van der Waals surface area contributed by atoms with Crippen LogP contribution in [0.1, 0.15) is 38.2 Å². The van der Waals surface area contributed by atoms with E-state index < -0.39 is 0 Å². The van der Waals surface area contributed by atoms with Crippen molar-refractivity contribution in [2.24, 2.45) is 5.92 Å². The van der Waals surface area contributed by atoms with Gasteiger partial charge in [0, 0.05) is 5.75 Å². The van der Waals surface area contributed by atoms with Gasteiger partial charge in [-0.3, -0.25) is 4.79 Å². The second-order valence-corrected chi connectivity index (χ2v) is 7.13. The number of benzene rings is 1. The van der Waals surface area contributed by atoms with E-state index >= 15 is 0 Å². The summed E-state index contributed by atoms with van der Waals surface area (Å²) in [5, 5.41) is 12.7. The van der Waals surface area contributed by atoms with Crippen LogP contribution in [-0.4, -0.2) is 28.9 Å². The Kier molecular flexibility index (Phi) is 6.12. The molecule has 1 aliphatic carbocycles. The average molecular weight is 307 g/mol. The first kappa shape index (κ1) is 16.4. The van der Waals surface area contributed by atoms with E-state index in [1.54, 1.807) is 11.8 Å². The van der Waals surface area contributed by atoms with Crippen molar-refractivity contribution in [3.8, 4) is 0 Å². The number of rotatable bonds is 6. The summed E-state index contributed by atoms with van der Waals surface area (Å²) in [5.74, 6) is 2.04. The van der Waals surface area contributed by atoms with Crippen LogP contribution in [0.15, 0.2) is 30.3 Å². The Morgan fingerprint density at radius 1 is 1.33 bits per heavy atom. The molecular weight excluding hydrogens is 282 g/mol. The topological polar surface area (TPSA) is 49.3 Å². The summed E-state index contributed by atoms with van der Waals surface area (Å²) in [6, 6.07) is 10.2. The highest BCUT2D eigenvalue weighted by atomic mass is 32.2. The van der Waals surface area contributed by atoms with Gasteiger partial charge in [-0.2, -0.15) is 0 Å². The second-order valence-electron chi connectivity index (χ2n) is 6.15. The molecule has 2 rings (SSSR count). The third-order valence-electron chi connectivity index (χ3n) is 4.28. The predicted octanol–water partition coefficient (Wildman–Crippen LogP) is 2.98. The minimum atomic E-state index is -0.378. The molecule has 0 aliphatic heterocycles. The third-order valence-corrected chi connectivity index (χ3v) is 5.29. The molecule has 1 aromatic carbocycles. The summed E-state index contributed by atoms with van der Waals surface area (Å²) in [4.78, 5) is 12.1. The van der Waals surface area contributed by atoms with Gasteiger partial charge in [0.25, 0.3) is 0 Å². The van der Waals surface area contributed by atoms with Crippen molar-refractivity contribution >= 4 is 17.7 Å². The molecule has 0 aromatic heterocycles. The van der Waals surface area contributed by atoms with Crippen LogP contribution in [0, 0.1) is 5.92 Å². The highest BCUT2D eigenvalue weighted by molar-refractivity contribution is 7.99. The third kappa shape index (κ3) is 5.04. The molecule has 4 heteroatoms. The molecule has 0 radical (unpaired) electrons. The van der Waals surface area contributed by atoms with E-state index in [1.807, 2.05) is 18.2 Å². The number of thioether (sulfide) groups is 1. The molecule has 2 N–H and O–H groups in total. The Labute approximate surface area is 131 Å². The summed E-state index contributed by atoms with van der Waals surface area (Å²) in [5.41, 5.74) is 0.857. The molecule has 21 heavy (non-hydrogen) atoms. The van der Waals surface area contributed by atoms with Crippen molar-refractivity contribution < 1.29 is 9.90 Å². The largest absolute Gasteiger partial charge is 0.394 e. The Morgan fingerprint density at radius 3 is 2.62 bits per heavy atom. The van der Waals surface area contributed by atoms with Gasteiger partial charge in [-0.15, -0.1) is 11.8 Å². The van der Waals surface area contributed by atoms with Crippen molar-refractivity contribution in [2.45, 2.75) is 43.9 Å². The first-order valence-corrected chi connectivity index (χ1v) is 8.82. The van der Waals surface area contributed by atoms with Crippen LogP contribution < -0.4 is 5.32 Å². The average Bonchev–Trinajstić information content (AvgIpc) is 2.51. The van der Waals surface area contributed by atoms with Gasteiger partial charge >= 0.3 is 0 Å². The standard InChI is InChI=1S/C17H25NO2S/c1-14-7-9-17(13-19,10-8-14)18-16(20)12-21-11-15-5-3-2-4-6-15/h2-6,14,19H,7-13H2,1H3,(H,18,20). The highest BCUT2D eigenvalue weighted by Gasteiger charge is 2.34. The fourth-order valence-corrected chi connectivity index (χ4v) is 3.59. The van der Waals surface area contributed by atoms with Crippen LogP contribution in [0.25, 0.3) is 0 Å². The zero-order valence-electron chi connectivity index (χ0n) is 12.7. The molecule has 0 unspecified atom stereocenters. The number of amides is 1. The predicted molar refractivity (Wildman–Crippen MR) is 88.2 cm³/mol. The minimum Gasteiger partial charge on any atom is -0.394 e. The van der Waals surface area contributed by atoms with Gasteiger partial charge in [-0.1, -0.05) is 37.3 Å². The number of carbonyl (C=O) groups is 1. The second kappa shape index (κ2) is 7.85. The highest BCUT2D eigenvalue weighted by Crippen LogP contribution is 2.31. The Morgan fingerprint density at radius 2 is 2.00 bits per heavy atom. The van der Waals surface area contributed by atoms with Gasteiger partial charge in [0.1, 0.15) is 0 Å². The normalized spacial score (nSPS) is 25.5. The van der Waals surface area contributed by atoms with Crippen LogP contribution in [-0.2, 0) is 10.5 Å². The van der Waals surface area contributed by atoms with E-state index in [1.165, 1.54) is 5.56 Å². The summed E-state index contributed by atoms with van der Waals surface area (Å²) in [6.45, 7) is 2.29. The SMILES string of the molecule is CC1CCC(CO)(NC(=O)CSCc2ccccc2)CC1. The lowest BCUT2D eigenvalue weighted by Gasteiger charge is -2.38. The van der Waals surface area contributed by atoms with Crippen molar-refractivity contribution in [1.29, 1.82) is 0 Å². The molecule has 1 amide bonds. The van der Waals surface area contributed by atoms with Crippen molar-refractivity contribution in [3.63, 3.8) is 0 Å². The number of hydrogen-bond donors (Lipinski definition) is 2. The maximum absolute atomic E-state index is 12.1. The monoisotopic (exact) mass is 307 g/mol. The zero-order chi connectivity index (χ0) is 15.1. The molecule has 0 saturated heterocycles. The van der Waals surface area contributed by atoms with Crippen LogP contribution in [0.4, 0.5) is 0 Å². The molecular formula is C17H25NO2S. The van der Waals surface area contributed by atoms with E-state index in [4.69, 9.17) is 0 Å². The fraction of sp³-hybridized carbons (Fsp3) is 0.588. The van der Waals surface area contributed by atoms with E-state index in [0.717, 1.165) is 31.4 Å². The maximum Gasteiger partial charge on any atom is 0.230 e. The zero-order valence-corrected chi connectivity index (χ0v) is 13.5. The number of nitrogens with one attached hydrogen (secondary N) is 1. The molecule has 116 valence electrons. The van der Waals surface area contributed by atoms with Crippen LogP contribution in [0.3, 0.4) is 0 Å². The van der Waals surface area contributed by atoms with Crippen LogP contribution in [0.2, 0.25) is 0 Å². The minimum absolute atomic E-state index is 0.0412. The molecule has 0 spiro atoms. The Hall–Kier alpha value is -1.00. The molecule has 0 bridgehead atoms. The molecule has 1 aliphatic rings. The van der Waals surface area contributed by atoms with Gasteiger partial charge < -0.3 is 10.4 Å². The molecule has 1 fully saturated rings. The van der Waals surface area contributed by atoms with Crippen LogP contribution in [0.5, 0.6) is 0 Å². The van der Waals surface area contributed by atoms with Crippen molar-refractivity contribution in [2.75, 3.05) is 12.4 Å². The first-order valence-electron chi connectivity index (χ1n) is 7.67. The smallest absolute Gasteiger partial charge is 0.230 e. The summed E-state index contributed by atoms with van der Waals surface area (Å²) >= 11 is 1.62. The molecule has 0 heterocycles. The van der Waals surface area contributed by atoms with Gasteiger partial charge in [0.2, 0.25) is 5.91 Å². The Bertz CT molecular complexity index is 441. The van der Waals surface area contributed by atoms with Gasteiger partial charge in [0.05, 0.1) is 17.9 Å². The van der Waals surface area contributed by atoms with Gasteiger partial charge in [0.15, 0.2) is 0 Å². The lowest BCUT2D eigenvalue weighted by molar-refractivity contribution is -0.121. The van der Waals surface area contributed by atoms with E-state index in [9.17, 15) is 9.90 Å².